The molecular formula is C23H28N6O4S2. The van der Waals surface area contributed by atoms with Gasteiger partial charge in [0.25, 0.3) is 0 Å². The van der Waals surface area contributed by atoms with E-state index in [4.69, 9.17) is 0 Å². The molecule has 0 bridgehead atoms. The van der Waals surface area contributed by atoms with Crippen molar-refractivity contribution in [1.29, 1.82) is 0 Å². The Morgan fingerprint density at radius 1 is 1.09 bits per heavy atom. The summed E-state index contributed by atoms with van der Waals surface area (Å²) >= 11 is 0. The molecule has 186 valence electrons. The molecule has 3 heterocycles. The van der Waals surface area contributed by atoms with Crippen molar-refractivity contribution < 1.29 is 18.1 Å². The molecule has 0 aliphatic carbocycles. The zero-order chi connectivity index (χ0) is 24.5. The predicted octanol–water partition coefficient (Wildman–Crippen LogP) is 1.60. The third-order valence-electron chi connectivity index (χ3n) is 5.30. The number of pyridine rings is 2. The fraction of sp³-hybridized carbons (Fsp3) is 0.217. The predicted molar refractivity (Wildman–Crippen MR) is 140 cm³/mol. The van der Waals surface area contributed by atoms with Gasteiger partial charge >= 0.3 is 0 Å². The molecule has 12 heteroatoms. The van der Waals surface area contributed by atoms with Crippen LogP contribution < -0.4 is 9.62 Å². The number of nitrogens with zero attached hydrogens (tertiary/aromatic N) is 5. The molecule has 0 amide bonds. The minimum absolute atomic E-state index is 0. The van der Waals surface area contributed by atoms with Crippen LogP contribution in [0.4, 0.5) is 11.5 Å². The van der Waals surface area contributed by atoms with Crippen molar-refractivity contribution in [3.63, 3.8) is 0 Å². The van der Waals surface area contributed by atoms with Gasteiger partial charge in [-0.2, -0.15) is 5.10 Å². The van der Waals surface area contributed by atoms with Crippen LogP contribution in [0.2, 0.25) is 0 Å². The minimum Gasteiger partial charge on any atom is -0.412 e. The average molecular weight is 517 g/mol. The van der Waals surface area contributed by atoms with Gasteiger partial charge < -0.3 is 10.8 Å². The maximum atomic E-state index is 12.3. The number of fused-ring (bicyclic) bond motifs is 1. The fourth-order valence-corrected chi connectivity index (χ4v) is 4.71. The lowest BCUT2D eigenvalue weighted by atomic mass is 10.1. The molecule has 4 rings (SSSR count). The molecule has 3 N–H and O–H groups in total. The van der Waals surface area contributed by atoms with Crippen molar-refractivity contribution in [2.45, 2.75) is 17.9 Å². The van der Waals surface area contributed by atoms with E-state index in [1.54, 1.807) is 23.0 Å². The second kappa shape index (κ2) is 10.0. The summed E-state index contributed by atoms with van der Waals surface area (Å²) < 4.78 is 39.1. The standard InChI is InChI=1S/C23H26N6O3S2.H2O/c1-28(34(4,31)32)22-18(9-6-12-24-22)16-25-20-11-7-13-29-23(20)26-21(27-29)15-17-8-5-10-19(14-17)33(2,3)30;/h5-14,25H,2,15-16H2,1,3-4H3;1H2. The van der Waals surface area contributed by atoms with Crippen molar-refractivity contribution in [2.75, 3.05) is 29.2 Å². The highest BCUT2D eigenvalue weighted by Gasteiger charge is 2.17. The Morgan fingerprint density at radius 2 is 1.86 bits per heavy atom. The van der Waals surface area contributed by atoms with Gasteiger partial charge in [0, 0.05) is 49.1 Å². The van der Waals surface area contributed by atoms with Crippen LogP contribution in [-0.2, 0) is 32.5 Å². The zero-order valence-corrected chi connectivity index (χ0v) is 21.3. The highest BCUT2D eigenvalue weighted by Crippen LogP contribution is 2.22. The molecule has 0 radical (unpaired) electrons. The van der Waals surface area contributed by atoms with Crippen LogP contribution in [0.15, 0.2) is 65.8 Å². The minimum atomic E-state index is -3.44. The molecule has 10 nitrogen and oxygen atoms in total. The van der Waals surface area contributed by atoms with Gasteiger partial charge in [0.15, 0.2) is 11.5 Å². The smallest absolute Gasteiger partial charge is 0.233 e. The maximum Gasteiger partial charge on any atom is 0.233 e. The van der Waals surface area contributed by atoms with Crippen LogP contribution in [0.3, 0.4) is 0 Å². The van der Waals surface area contributed by atoms with Gasteiger partial charge in [-0.1, -0.05) is 18.2 Å². The average Bonchev–Trinajstić information content (AvgIpc) is 3.19. The van der Waals surface area contributed by atoms with E-state index < -0.39 is 19.5 Å². The molecule has 0 saturated carbocycles. The number of hydrogen-bond acceptors (Lipinski definition) is 7. The number of nitrogens with one attached hydrogen (secondary N) is 1. The van der Waals surface area contributed by atoms with Crippen LogP contribution in [0.5, 0.6) is 0 Å². The van der Waals surface area contributed by atoms with Crippen molar-refractivity contribution in [1.82, 2.24) is 19.6 Å². The molecular weight excluding hydrogens is 488 g/mol. The van der Waals surface area contributed by atoms with E-state index in [2.05, 4.69) is 26.3 Å². The van der Waals surface area contributed by atoms with Gasteiger partial charge in [-0.05, 0) is 51.3 Å². The van der Waals surface area contributed by atoms with E-state index >= 15 is 0 Å². The second-order valence-electron chi connectivity index (χ2n) is 8.12. The maximum absolute atomic E-state index is 12.3. The Labute approximate surface area is 205 Å². The van der Waals surface area contributed by atoms with Crippen LogP contribution in [0.1, 0.15) is 17.0 Å². The van der Waals surface area contributed by atoms with Crippen molar-refractivity contribution >= 4 is 42.6 Å². The normalized spacial score (nSPS) is 13.1. The Kier molecular flexibility index (Phi) is 7.48. The van der Waals surface area contributed by atoms with Gasteiger partial charge in [0.05, 0.1) is 11.9 Å². The SMILES string of the molecule is C=S(C)(=O)c1cccc(Cc2nc3c(NCc4cccnc4N(C)S(C)(=O)=O)cccn3n2)c1.O. The Morgan fingerprint density at radius 3 is 2.57 bits per heavy atom. The topological polar surface area (TPSA) is 141 Å². The fourth-order valence-electron chi connectivity index (χ4n) is 3.47. The Balaban J connectivity index is 0.00000342. The summed E-state index contributed by atoms with van der Waals surface area (Å²) in [6.07, 6.45) is 6.62. The van der Waals surface area contributed by atoms with E-state index in [0.717, 1.165) is 27.4 Å². The monoisotopic (exact) mass is 516 g/mol. The van der Waals surface area contributed by atoms with Crippen LogP contribution in [0.25, 0.3) is 5.65 Å². The zero-order valence-electron chi connectivity index (χ0n) is 19.7. The van der Waals surface area contributed by atoms with Crippen molar-refractivity contribution in [3.05, 3.63) is 77.9 Å². The molecule has 0 aliphatic heterocycles. The third kappa shape index (κ3) is 5.96. The van der Waals surface area contributed by atoms with E-state index in [-0.39, 0.29) is 5.48 Å². The highest BCUT2D eigenvalue weighted by molar-refractivity contribution is 7.99. The second-order valence-corrected chi connectivity index (χ2v) is 12.6. The molecule has 4 aromatic rings. The molecule has 0 spiro atoms. The third-order valence-corrected chi connectivity index (χ3v) is 7.72. The molecule has 0 fully saturated rings. The summed E-state index contributed by atoms with van der Waals surface area (Å²) in [5.41, 5.74) is 3.07. The lowest BCUT2D eigenvalue weighted by molar-refractivity contribution is 0.599. The molecule has 1 unspecified atom stereocenters. The van der Waals surface area contributed by atoms with Gasteiger partial charge in [0.2, 0.25) is 10.0 Å². The first-order chi connectivity index (χ1) is 16.0. The summed E-state index contributed by atoms with van der Waals surface area (Å²) in [6.45, 7) is 0.349. The molecule has 35 heavy (non-hydrogen) atoms. The highest BCUT2D eigenvalue weighted by atomic mass is 32.2. The number of rotatable bonds is 8. The summed E-state index contributed by atoms with van der Waals surface area (Å²) in [4.78, 5) is 9.63. The first-order valence-corrected chi connectivity index (χ1v) is 14.4. The largest absolute Gasteiger partial charge is 0.412 e. The van der Waals surface area contributed by atoms with Gasteiger partial charge in [0.1, 0.15) is 5.82 Å². The van der Waals surface area contributed by atoms with Crippen molar-refractivity contribution in [3.8, 4) is 0 Å². The lowest BCUT2D eigenvalue weighted by Gasteiger charge is -2.19. The number of hydrogen-bond donors (Lipinski definition) is 1. The van der Waals surface area contributed by atoms with Gasteiger partial charge in [-0.15, -0.1) is 0 Å². The Bertz CT molecular complexity index is 1570. The van der Waals surface area contributed by atoms with E-state index in [1.165, 1.54) is 7.05 Å². The van der Waals surface area contributed by atoms with Crippen LogP contribution >= 0.6 is 0 Å². The van der Waals surface area contributed by atoms with Crippen LogP contribution in [-0.4, -0.2) is 63.1 Å². The van der Waals surface area contributed by atoms with E-state index in [0.29, 0.717) is 35.2 Å². The summed E-state index contributed by atoms with van der Waals surface area (Å²) in [5.74, 6) is 4.74. The molecule has 0 aliphatic rings. The number of anilines is 2. The number of aromatic nitrogens is 4. The van der Waals surface area contributed by atoms with Gasteiger partial charge in [-0.25, -0.2) is 22.9 Å². The van der Waals surface area contributed by atoms with E-state index in [9.17, 15) is 12.6 Å². The molecule has 1 aromatic carbocycles. The first kappa shape index (κ1) is 26.1. The lowest BCUT2D eigenvalue weighted by Crippen LogP contribution is -2.27. The summed E-state index contributed by atoms with van der Waals surface area (Å²) in [5, 5.41) is 7.90. The first-order valence-electron chi connectivity index (χ1n) is 10.4. The van der Waals surface area contributed by atoms with E-state index in [1.807, 2.05) is 48.7 Å². The van der Waals surface area contributed by atoms with Crippen LogP contribution in [0, 0.1) is 0 Å². The Hall–Kier alpha value is -3.48. The molecule has 0 saturated heterocycles. The van der Waals surface area contributed by atoms with Gasteiger partial charge in [-0.3, -0.25) is 8.51 Å². The number of benzene rings is 1. The summed E-state index contributed by atoms with van der Waals surface area (Å²) in [6, 6.07) is 14.8. The molecule has 3 aromatic heterocycles. The van der Waals surface area contributed by atoms with Crippen molar-refractivity contribution in [2.24, 2.45) is 0 Å². The quantitative estimate of drug-likeness (QED) is 0.351. The number of sulfonamides is 1. The molecule has 1 atom stereocenters. The summed E-state index contributed by atoms with van der Waals surface area (Å²) in [7, 11) is -4.26.